The second-order valence-corrected chi connectivity index (χ2v) is 5.61. The molecule has 1 rings (SSSR count). The van der Waals surface area contributed by atoms with E-state index in [9.17, 15) is 14.0 Å². The van der Waals surface area contributed by atoms with E-state index in [1.165, 1.54) is 6.07 Å². The number of rotatable bonds is 5. The third-order valence-corrected chi connectivity index (χ3v) is 3.05. The fourth-order valence-electron chi connectivity index (χ4n) is 1.68. The predicted molar refractivity (Wildman–Crippen MR) is 76.3 cm³/mol. The van der Waals surface area contributed by atoms with Crippen molar-refractivity contribution in [3.8, 4) is 0 Å². The van der Waals surface area contributed by atoms with E-state index >= 15 is 0 Å². The largest absolute Gasteiger partial charge is 0.359 e. The number of halogens is 2. The summed E-state index contributed by atoms with van der Waals surface area (Å²) in [5.41, 5.74) is -0.425. The van der Waals surface area contributed by atoms with E-state index in [0.29, 0.717) is 12.8 Å². The van der Waals surface area contributed by atoms with Gasteiger partial charge in [-0.15, -0.1) is 0 Å². The Balaban J connectivity index is 2.70. The minimum absolute atomic E-state index is 0.0962. The van der Waals surface area contributed by atoms with Gasteiger partial charge in [0.25, 0.3) is 5.91 Å². The normalized spacial score (nSPS) is 11.1. The van der Waals surface area contributed by atoms with Crippen LogP contribution in [0.1, 0.15) is 37.0 Å². The van der Waals surface area contributed by atoms with E-state index in [0.717, 1.165) is 12.1 Å². The predicted octanol–water partition coefficient (Wildman–Crippen LogP) is 2.51. The SMILES string of the molecule is CNC(=O)CCC(C)(C)NC(=O)c1cc(F)cc(Cl)c1. The highest BCUT2D eigenvalue weighted by atomic mass is 35.5. The van der Waals surface area contributed by atoms with Crippen LogP contribution in [0.3, 0.4) is 0 Å². The number of carbonyl (C=O) groups is 2. The monoisotopic (exact) mass is 300 g/mol. The summed E-state index contributed by atoms with van der Waals surface area (Å²) >= 11 is 5.71. The second-order valence-electron chi connectivity index (χ2n) is 5.17. The van der Waals surface area contributed by atoms with Crippen LogP contribution >= 0.6 is 11.6 Å². The molecule has 0 aliphatic rings. The Kier molecular flexibility index (Phi) is 5.51. The molecule has 0 radical (unpaired) electrons. The first-order valence-corrected chi connectivity index (χ1v) is 6.60. The van der Waals surface area contributed by atoms with Crippen molar-refractivity contribution in [2.75, 3.05) is 7.05 Å². The summed E-state index contributed by atoms with van der Waals surface area (Å²) in [7, 11) is 1.56. The Morgan fingerprint density at radius 3 is 2.50 bits per heavy atom. The first kappa shape index (κ1) is 16.4. The van der Waals surface area contributed by atoms with Gasteiger partial charge < -0.3 is 10.6 Å². The molecule has 0 saturated carbocycles. The fourth-order valence-corrected chi connectivity index (χ4v) is 1.90. The molecule has 1 aromatic carbocycles. The Labute approximate surface area is 122 Å². The Hall–Kier alpha value is -1.62. The number of nitrogens with one attached hydrogen (secondary N) is 2. The van der Waals surface area contributed by atoms with Crippen molar-refractivity contribution >= 4 is 23.4 Å². The lowest BCUT2D eigenvalue weighted by Crippen LogP contribution is -2.44. The molecule has 0 aromatic heterocycles. The lowest BCUT2D eigenvalue weighted by atomic mass is 9.97. The second kappa shape index (κ2) is 6.70. The third-order valence-electron chi connectivity index (χ3n) is 2.83. The summed E-state index contributed by atoms with van der Waals surface area (Å²) in [6, 6.07) is 3.65. The van der Waals surface area contributed by atoms with Crippen molar-refractivity contribution in [1.82, 2.24) is 10.6 Å². The molecule has 110 valence electrons. The molecule has 0 fully saturated rings. The molecule has 1 aromatic rings. The van der Waals surface area contributed by atoms with Crippen molar-refractivity contribution < 1.29 is 14.0 Å². The van der Waals surface area contributed by atoms with Gasteiger partial charge in [0.05, 0.1) is 0 Å². The van der Waals surface area contributed by atoms with Gasteiger partial charge in [0.15, 0.2) is 0 Å². The minimum atomic E-state index is -0.581. The highest BCUT2D eigenvalue weighted by Crippen LogP contribution is 2.16. The molecule has 20 heavy (non-hydrogen) atoms. The standard InChI is InChI=1S/C14H18ClFN2O2/c1-14(2,5-4-12(19)17-3)18-13(20)9-6-10(15)8-11(16)7-9/h6-8H,4-5H2,1-3H3,(H,17,19)(H,18,20). The Morgan fingerprint density at radius 1 is 1.30 bits per heavy atom. The first-order chi connectivity index (χ1) is 9.23. The van der Waals surface area contributed by atoms with Crippen LogP contribution in [0, 0.1) is 5.82 Å². The summed E-state index contributed by atoms with van der Waals surface area (Å²) < 4.78 is 13.2. The van der Waals surface area contributed by atoms with Gasteiger partial charge in [-0.2, -0.15) is 0 Å². The highest BCUT2D eigenvalue weighted by Gasteiger charge is 2.22. The summed E-state index contributed by atoms with van der Waals surface area (Å²) in [6.45, 7) is 3.60. The maximum Gasteiger partial charge on any atom is 0.251 e. The van der Waals surface area contributed by atoms with Gasteiger partial charge in [-0.1, -0.05) is 11.6 Å². The lowest BCUT2D eigenvalue weighted by molar-refractivity contribution is -0.121. The topological polar surface area (TPSA) is 58.2 Å². The molecular weight excluding hydrogens is 283 g/mol. The zero-order valence-corrected chi connectivity index (χ0v) is 12.5. The minimum Gasteiger partial charge on any atom is -0.359 e. The number of hydrogen-bond donors (Lipinski definition) is 2. The zero-order valence-electron chi connectivity index (χ0n) is 11.7. The average Bonchev–Trinajstić information content (AvgIpc) is 2.34. The maximum atomic E-state index is 13.2. The smallest absolute Gasteiger partial charge is 0.251 e. The van der Waals surface area contributed by atoms with Crippen LogP contribution in [0.5, 0.6) is 0 Å². The van der Waals surface area contributed by atoms with E-state index in [4.69, 9.17) is 11.6 Å². The Bertz CT molecular complexity index is 498. The van der Waals surface area contributed by atoms with Crippen LogP contribution in [-0.2, 0) is 4.79 Å². The molecule has 0 bridgehead atoms. The molecule has 6 heteroatoms. The molecule has 2 amide bonds. The van der Waals surface area contributed by atoms with Crippen LogP contribution in [-0.4, -0.2) is 24.4 Å². The number of benzene rings is 1. The van der Waals surface area contributed by atoms with E-state index in [1.807, 2.05) is 0 Å². The van der Waals surface area contributed by atoms with E-state index in [-0.39, 0.29) is 16.5 Å². The number of carbonyl (C=O) groups excluding carboxylic acids is 2. The highest BCUT2D eigenvalue weighted by molar-refractivity contribution is 6.31. The molecule has 2 N–H and O–H groups in total. The Morgan fingerprint density at radius 2 is 1.95 bits per heavy atom. The molecule has 0 spiro atoms. The average molecular weight is 301 g/mol. The van der Waals surface area contributed by atoms with Crippen molar-refractivity contribution in [2.45, 2.75) is 32.2 Å². The number of amides is 2. The van der Waals surface area contributed by atoms with Gasteiger partial charge in [0.2, 0.25) is 5.91 Å². The van der Waals surface area contributed by atoms with Crippen LogP contribution in [0.4, 0.5) is 4.39 Å². The zero-order chi connectivity index (χ0) is 15.3. The van der Waals surface area contributed by atoms with Gasteiger partial charge in [0.1, 0.15) is 5.82 Å². The van der Waals surface area contributed by atoms with Crippen LogP contribution < -0.4 is 10.6 Å². The van der Waals surface area contributed by atoms with Crippen molar-refractivity contribution in [3.05, 3.63) is 34.6 Å². The van der Waals surface area contributed by atoms with E-state index < -0.39 is 17.3 Å². The van der Waals surface area contributed by atoms with Crippen molar-refractivity contribution in [2.24, 2.45) is 0 Å². The van der Waals surface area contributed by atoms with Crippen molar-refractivity contribution in [3.63, 3.8) is 0 Å². The fraction of sp³-hybridized carbons (Fsp3) is 0.429. The van der Waals surface area contributed by atoms with E-state index in [2.05, 4.69) is 10.6 Å². The molecule has 0 heterocycles. The lowest BCUT2D eigenvalue weighted by Gasteiger charge is -2.26. The third kappa shape index (κ3) is 5.17. The maximum absolute atomic E-state index is 13.2. The number of hydrogen-bond acceptors (Lipinski definition) is 2. The van der Waals surface area contributed by atoms with Crippen LogP contribution in [0.15, 0.2) is 18.2 Å². The van der Waals surface area contributed by atoms with Crippen molar-refractivity contribution in [1.29, 1.82) is 0 Å². The molecule has 4 nitrogen and oxygen atoms in total. The van der Waals surface area contributed by atoms with Gasteiger partial charge in [0, 0.05) is 29.6 Å². The van der Waals surface area contributed by atoms with Gasteiger partial charge >= 0.3 is 0 Å². The van der Waals surface area contributed by atoms with Gasteiger partial charge in [-0.05, 0) is 38.5 Å². The summed E-state index contributed by atoms with van der Waals surface area (Å²) in [6.07, 6.45) is 0.773. The summed E-state index contributed by atoms with van der Waals surface area (Å²) in [5.74, 6) is -1.08. The van der Waals surface area contributed by atoms with Gasteiger partial charge in [-0.25, -0.2) is 4.39 Å². The molecule has 0 unspecified atom stereocenters. The molecule has 0 saturated heterocycles. The van der Waals surface area contributed by atoms with Crippen LogP contribution in [0.2, 0.25) is 5.02 Å². The molecule has 0 atom stereocenters. The van der Waals surface area contributed by atoms with Gasteiger partial charge in [-0.3, -0.25) is 9.59 Å². The summed E-state index contributed by atoms with van der Waals surface area (Å²) in [4.78, 5) is 23.3. The molecule has 0 aliphatic carbocycles. The molecular formula is C14H18ClFN2O2. The quantitative estimate of drug-likeness (QED) is 0.878. The van der Waals surface area contributed by atoms with E-state index in [1.54, 1.807) is 20.9 Å². The summed E-state index contributed by atoms with van der Waals surface area (Å²) in [5, 5.41) is 5.45. The molecule has 0 aliphatic heterocycles. The van der Waals surface area contributed by atoms with Crippen LogP contribution in [0.25, 0.3) is 0 Å². The first-order valence-electron chi connectivity index (χ1n) is 6.23.